The van der Waals surface area contributed by atoms with Gasteiger partial charge in [0.05, 0.1) is 12.2 Å². The largest absolute Gasteiger partial charge is 0.373 e. The summed E-state index contributed by atoms with van der Waals surface area (Å²) in [5.41, 5.74) is 0.848. The fourth-order valence-corrected chi connectivity index (χ4v) is 4.57. The Bertz CT molecular complexity index is 323. The van der Waals surface area contributed by atoms with Gasteiger partial charge in [-0.15, -0.1) is 0 Å². The van der Waals surface area contributed by atoms with Gasteiger partial charge in [-0.3, -0.25) is 0 Å². The van der Waals surface area contributed by atoms with Crippen molar-refractivity contribution in [3.63, 3.8) is 0 Å². The monoisotopic (exact) mass is 281 g/mol. The van der Waals surface area contributed by atoms with Gasteiger partial charge in [0.2, 0.25) is 0 Å². The second-order valence-electron chi connectivity index (χ2n) is 7.97. The van der Waals surface area contributed by atoms with Crippen molar-refractivity contribution in [2.24, 2.45) is 16.7 Å². The minimum atomic E-state index is 0.326. The summed E-state index contributed by atoms with van der Waals surface area (Å²) in [4.78, 5) is 0. The summed E-state index contributed by atoms with van der Waals surface area (Å²) in [6.45, 7) is 15.1. The molecule has 2 rings (SSSR count). The molecular formula is C18H35NO. The Hall–Kier alpha value is -0.0800. The molecule has 0 saturated heterocycles. The lowest BCUT2D eigenvalue weighted by atomic mass is 9.70. The van der Waals surface area contributed by atoms with Gasteiger partial charge in [0.25, 0.3) is 0 Å². The standard InChI is InChI=1S/C18H35NO/c1-7-15(8-2)19-12-13(3)20-16-11-14-9-10-18(16,6)17(14,4)5/h13-16,19H,7-12H2,1-6H3. The summed E-state index contributed by atoms with van der Waals surface area (Å²) < 4.78 is 6.46. The van der Waals surface area contributed by atoms with Crippen LogP contribution in [-0.2, 0) is 4.74 Å². The molecule has 20 heavy (non-hydrogen) atoms. The van der Waals surface area contributed by atoms with Crippen LogP contribution in [0, 0.1) is 16.7 Å². The van der Waals surface area contributed by atoms with E-state index >= 15 is 0 Å². The third-order valence-electron chi connectivity index (χ3n) is 6.79. The van der Waals surface area contributed by atoms with Gasteiger partial charge >= 0.3 is 0 Å². The van der Waals surface area contributed by atoms with Crippen LogP contribution in [-0.4, -0.2) is 24.8 Å². The smallest absolute Gasteiger partial charge is 0.0675 e. The highest BCUT2D eigenvalue weighted by Crippen LogP contribution is 2.66. The molecule has 2 aliphatic rings. The van der Waals surface area contributed by atoms with Gasteiger partial charge in [0.15, 0.2) is 0 Å². The van der Waals surface area contributed by atoms with E-state index in [0.717, 1.165) is 12.5 Å². The number of hydrogen-bond donors (Lipinski definition) is 1. The van der Waals surface area contributed by atoms with Gasteiger partial charge in [0, 0.05) is 12.6 Å². The molecule has 2 aliphatic carbocycles. The molecule has 0 aromatic carbocycles. The maximum atomic E-state index is 6.46. The summed E-state index contributed by atoms with van der Waals surface area (Å²) in [5, 5.41) is 3.65. The van der Waals surface area contributed by atoms with Crippen LogP contribution in [0.5, 0.6) is 0 Å². The quantitative estimate of drug-likeness (QED) is 0.747. The summed E-state index contributed by atoms with van der Waals surface area (Å²) in [6, 6.07) is 0.646. The number of nitrogens with one attached hydrogen (secondary N) is 1. The van der Waals surface area contributed by atoms with E-state index in [-0.39, 0.29) is 0 Å². The van der Waals surface area contributed by atoms with Crippen molar-refractivity contribution >= 4 is 0 Å². The SMILES string of the molecule is CCC(CC)NCC(C)OC1CC2CCC1(C)C2(C)C. The Morgan fingerprint density at radius 1 is 1.20 bits per heavy atom. The van der Waals surface area contributed by atoms with E-state index in [1.807, 2.05) is 0 Å². The third-order valence-corrected chi connectivity index (χ3v) is 6.79. The fourth-order valence-electron chi connectivity index (χ4n) is 4.57. The van der Waals surface area contributed by atoms with Crippen molar-refractivity contribution in [3.05, 3.63) is 0 Å². The van der Waals surface area contributed by atoms with Crippen LogP contribution in [0.25, 0.3) is 0 Å². The third kappa shape index (κ3) is 2.66. The Kier molecular flexibility index (Phi) is 4.86. The average Bonchev–Trinajstić information content (AvgIpc) is 2.73. The lowest BCUT2D eigenvalue weighted by molar-refractivity contribution is -0.0797. The van der Waals surface area contributed by atoms with E-state index in [0.29, 0.717) is 29.1 Å². The number of fused-ring (bicyclic) bond motifs is 2. The number of hydrogen-bond acceptors (Lipinski definition) is 2. The van der Waals surface area contributed by atoms with Crippen molar-refractivity contribution in [2.45, 2.75) is 91.9 Å². The molecule has 2 heteroatoms. The maximum absolute atomic E-state index is 6.46. The summed E-state index contributed by atoms with van der Waals surface area (Å²) in [6.07, 6.45) is 7.24. The number of rotatable bonds is 7. The molecule has 0 aliphatic heterocycles. The molecule has 0 radical (unpaired) electrons. The molecule has 0 amide bonds. The van der Waals surface area contributed by atoms with Crippen LogP contribution >= 0.6 is 0 Å². The molecule has 0 aromatic heterocycles. The molecule has 0 heterocycles. The van der Waals surface area contributed by atoms with Crippen LogP contribution in [0.2, 0.25) is 0 Å². The lowest BCUT2D eigenvalue weighted by Gasteiger charge is -2.40. The zero-order valence-electron chi connectivity index (χ0n) is 14.5. The number of ether oxygens (including phenoxy) is 1. The molecule has 1 N–H and O–H groups in total. The molecule has 2 fully saturated rings. The Balaban J connectivity index is 1.86. The van der Waals surface area contributed by atoms with Crippen molar-refractivity contribution in [1.82, 2.24) is 5.32 Å². The van der Waals surface area contributed by atoms with Crippen molar-refractivity contribution in [1.29, 1.82) is 0 Å². The Labute approximate surface area is 126 Å². The van der Waals surface area contributed by atoms with Crippen molar-refractivity contribution in [3.8, 4) is 0 Å². The molecule has 2 nitrogen and oxygen atoms in total. The Morgan fingerprint density at radius 3 is 2.30 bits per heavy atom. The van der Waals surface area contributed by atoms with Gasteiger partial charge < -0.3 is 10.1 Å². The first-order valence-corrected chi connectivity index (χ1v) is 8.74. The van der Waals surface area contributed by atoms with Gasteiger partial charge in [-0.2, -0.15) is 0 Å². The van der Waals surface area contributed by atoms with Crippen molar-refractivity contribution in [2.75, 3.05) is 6.54 Å². The van der Waals surface area contributed by atoms with Gasteiger partial charge in [-0.25, -0.2) is 0 Å². The Morgan fingerprint density at radius 2 is 1.85 bits per heavy atom. The van der Waals surface area contributed by atoms with Gasteiger partial charge in [-0.05, 0) is 55.8 Å². The molecule has 0 spiro atoms. The molecule has 2 saturated carbocycles. The molecular weight excluding hydrogens is 246 g/mol. The lowest BCUT2D eigenvalue weighted by Crippen LogP contribution is -2.42. The highest BCUT2D eigenvalue weighted by atomic mass is 16.5. The molecule has 118 valence electrons. The predicted molar refractivity (Wildman–Crippen MR) is 85.9 cm³/mol. The van der Waals surface area contributed by atoms with E-state index in [1.165, 1.54) is 32.1 Å². The first-order chi connectivity index (χ1) is 9.35. The summed E-state index contributed by atoms with van der Waals surface area (Å²) >= 11 is 0. The van der Waals surface area contributed by atoms with Gasteiger partial charge in [-0.1, -0.05) is 34.6 Å². The zero-order valence-corrected chi connectivity index (χ0v) is 14.5. The normalized spacial score (nSPS) is 36.8. The molecule has 4 unspecified atom stereocenters. The van der Waals surface area contributed by atoms with E-state index in [4.69, 9.17) is 4.74 Å². The first-order valence-electron chi connectivity index (χ1n) is 8.74. The zero-order chi connectivity index (χ0) is 15.0. The van der Waals surface area contributed by atoms with E-state index in [1.54, 1.807) is 0 Å². The first kappa shape index (κ1) is 16.3. The molecule has 2 bridgehead atoms. The average molecular weight is 281 g/mol. The van der Waals surface area contributed by atoms with Crippen LogP contribution in [0.4, 0.5) is 0 Å². The van der Waals surface area contributed by atoms with E-state index in [9.17, 15) is 0 Å². The summed E-state index contributed by atoms with van der Waals surface area (Å²) in [7, 11) is 0. The van der Waals surface area contributed by atoms with E-state index in [2.05, 4.69) is 46.9 Å². The van der Waals surface area contributed by atoms with Crippen LogP contribution in [0.3, 0.4) is 0 Å². The fraction of sp³-hybridized carbons (Fsp3) is 1.00. The highest BCUT2D eigenvalue weighted by molar-refractivity contribution is 5.11. The van der Waals surface area contributed by atoms with Gasteiger partial charge in [0.1, 0.15) is 0 Å². The second-order valence-corrected chi connectivity index (χ2v) is 7.97. The van der Waals surface area contributed by atoms with E-state index < -0.39 is 0 Å². The second kappa shape index (κ2) is 5.96. The highest BCUT2D eigenvalue weighted by Gasteiger charge is 2.62. The molecule has 0 aromatic rings. The maximum Gasteiger partial charge on any atom is 0.0675 e. The molecule has 4 atom stereocenters. The van der Waals surface area contributed by atoms with Crippen molar-refractivity contribution < 1.29 is 4.74 Å². The predicted octanol–water partition coefficient (Wildman–Crippen LogP) is 4.38. The van der Waals surface area contributed by atoms with Crippen LogP contribution in [0.15, 0.2) is 0 Å². The minimum Gasteiger partial charge on any atom is -0.373 e. The van der Waals surface area contributed by atoms with Crippen LogP contribution in [0.1, 0.15) is 73.6 Å². The minimum absolute atomic E-state index is 0.326. The van der Waals surface area contributed by atoms with Crippen LogP contribution < -0.4 is 5.32 Å². The topological polar surface area (TPSA) is 21.3 Å². The summed E-state index contributed by atoms with van der Waals surface area (Å²) in [5.74, 6) is 0.872.